The number of unbranched alkanes of at least 4 members (excludes halogenated alkanes) is 8. The van der Waals surface area contributed by atoms with Gasteiger partial charge in [-0.25, -0.2) is 0 Å². The first-order valence-corrected chi connectivity index (χ1v) is 13.5. The van der Waals surface area contributed by atoms with Gasteiger partial charge in [0.1, 0.15) is 0 Å². The van der Waals surface area contributed by atoms with Crippen LogP contribution in [0.1, 0.15) is 94.8 Å². The highest BCUT2D eigenvalue weighted by Crippen LogP contribution is 2.33. The molecule has 0 bridgehead atoms. The normalized spacial score (nSPS) is 14.9. The number of hydrogen-bond donors (Lipinski definition) is 2. The fourth-order valence-electron chi connectivity index (χ4n) is 4.94. The van der Waals surface area contributed by atoms with Crippen LogP contribution < -0.4 is 11.3 Å². The Labute approximate surface area is 210 Å². The molecule has 1 aliphatic rings. The maximum Gasteiger partial charge on any atom is 0.262 e. The van der Waals surface area contributed by atoms with Crippen molar-refractivity contribution in [3.05, 3.63) is 45.8 Å². The van der Waals surface area contributed by atoms with E-state index in [1.165, 1.54) is 49.5 Å². The van der Waals surface area contributed by atoms with Gasteiger partial charge in [-0.3, -0.25) is 14.4 Å². The third-order valence-corrected chi connectivity index (χ3v) is 6.92. The van der Waals surface area contributed by atoms with Gasteiger partial charge in [0.05, 0.1) is 11.9 Å². The summed E-state index contributed by atoms with van der Waals surface area (Å²) in [5.41, 5.74) is 8.56. The summed E-state index contributed by atoms with van der Waals surface area (Å²) < 4.78 is 1.38. The summed E-state index contributed by atoms with van der Waals surface area (Å²) in [6.07, 6.45) is 16.0. The maximum atomic E-state index is 13.4. The molecule has 0 saturated carbocycles. The lowest BCUT2D eigenvalue weighted by Crippen LogP contribution is -2.32. The van der Waals surface area contributed by atoms with Crippen molar-refractivity contribution in [1.82, 2.24) is 9.47 Å². The van der Waals surface area contributed by atoms with Crippen LogP contribution in [0.2, 0.25) is 0 Å². The molecule has 3 rings (SSSR count). The third kappa shape index (κ3) is 7.05. The molecule has 35 heavy (non-hydrogen) atoms. The predicted molar refractivity (Wildman–Crippen MR) is 149 cm³/mol. The molecule has 1 atom stereocenters. The summed E-state index contributed by atoms with van der Waals surface area (Å²) in [6, 6.07) is 5.75. The molecule has 1 aliphatic carbocycles. The number of nitrogens with zero attached hydrogens (tertiary/aromatic N) is 3. The van der Waals surface area contributed by atoms with E-state index in [-0.39, 0.29) is 11.4 Å². The summed E-state index contributed by atoms with van der Waals surface area (Å²) in [4.78, 5) is 20.3. The molecule has 3 N–H and O–H groups in total. The van der Waals surface area contributed by atoms with E-state index >= 15 is 0 Å². The highest BCUT2D eigenvalue weighted by molar-refractivity contribution is 6.22. The average molecular weight is 481 g/mol. The third-order valence-electron chi connectivity index (χ3n) is 6.92. The van der Waals surface area contributed by atoms with Crippen molar-refractivity contribution >= 4 is 22.6 Å². The summed E-state index contributed by atoms with van der Waals surface area (Å²) >= 11 is 0. The van der Waals surface area contributed by atoms with Gasteiger partial charge in [0, 0.05) is 28.4 Å². The Morgan fingerprint density at radius 2 is 1.69 bits per heavy atom. The molecular weight excluding hydrogens is 436 g/mol. The number of rotatable bonds is 15. The van der Waals surface area contributed by atoms with Crippen LogP contribution >= 0.6 is 0 Å². The van der Waals surface area contributed by atoms with Gasteiger partial charge < -0.3 is 15.7 Å². The smallest absolute Gasteiger partial charge is 0.262 e. The molecule has 6 nitrogen and oxygen atoms in total. The maximum absolute atomic E-state index is 13.4. The Hall–Kier alpha value is -2.44. The van der Waals surface area contributed by atoms with Crippen LogP contribution in [0.25, 0.3) is 16.8 Å². The van der Waals surface area contributed by atoms with Crippen molar-refractivity contribution in [2.24, 2.45) is 10.7 Å². The van der Waals surface area contributed by atoms with Crippen molar-refractivity contribution in [2.75, 3.05) is 27.2 Å². The number of hydrogen-bond acceptors (Lipinski definition) is 5. The summed E-state index contributed by atoms with van der Waals surface area (Å²) in [5.74, 6) is -0.0405. The number of aliphatic imine (C=N–C) groups is 1. The topological polar surface area (TPSA) is 83.8 Å². The second-order valence-electron chi connectivity index (χ2n) is 10.1. The monoisotopic (exact) mass is 480 g/mol. The number of allylic oxidation sites excluding steroid dienone is 1. The highest BCUT2D eigenvalue weighted by atomic mass is 16.3. The van der Waals surface area contributed by atoms with E-state index in [1.54, 1.807) is 0 Å². The van der Waals surface area contributed by atoms with Crippen molar-refractivity contribution in [3.8, 4) is 5.88 Å². The predicted octanol–water partition coefficient (Wildman–Crippen LogP) is 5.85. The van der Waals surface area contributed by atoms with E-state index < -0.39 is 6.17 Å². The first kappa shape index (κ1) is 27.2. The zero-order valence-electron chi connectivity index (χ0n) is 21.9. The van der Waals surface area contributed by atoms with E-state index in [0.29, 0.717) is 17.4 Å². The number of aromatic hydroxyl groups is 1. The standard InChI is InChI=1S/C29H44N4O2/c1-4-5-6-7-8-9-10-11-12-17-26(30)33-28(34)23-16-13-15-22-25(31-20-14-21-32(2)3)19-18-24(27(22)23)29(33)35/h13,15-16,18-19,26,34H,4-12,14,17,20-21,30H2,1-3H3. The molecule has 0 amide bonds. The first-order chi connectivity index (χ1) is 17.0. The number of benzene rings is 1. The lowest BCUT2D eigenvalue weighted by atomic mass is 9.92. The van der Waals surface area contributed by atoms with Gasteiger partial charge in [0.25, 0.3) is 5.56 Å². The fraction of sp³-hybridized carbons (Fsp3) is 0.586. The van der Waals surface area contributed by atoms with Crippen LogP contribution in [0, 0.1) is 0 Å². The Balaban J connectivity index is 1.70. The van der Waals surface area contributed by atoms with Crippen LogP contribution in [0.5, 0.6) is 5.88 Å². The van der Waals surface area contributed by atoms with Crippen molar-refractivity contribution in [2.45, 2.75) is 83.7 Å². The van der Waals surface area contributed by atoms with Crippen LogP contribution in [0.4, 0.5) is 0 Å². The van der Waals surface area contributed by atoms with Crippen LogP contribution in [-0.2, 0) is 0 Å². The van der Waals surface area contributed by atoms with Gasteiger partial charge in [0.2, 0.25) is 5.88 Å². The van der Waals surface area contributed by atoms with E-state index in [9.17, 15) is 9.90 Å². The minimum atomic E-state index is -0.536. The van der Waals surface area contributed by atoms with Gasteiger partial charge in [-0.15, -0.1) is 0 Å². The highest BCUT2D eigenvalue weighted by Gasteiger charge is 2.23. The second-order valence-corrected chi connectivity index (χ2v) is 10.1. The minimum absolute atomic E-state index is 0.0405. The molecule has 0 fully saturated rings. The Kier molecular flexibility index (Phi) is 10.5. The molecule has 2 aromatic rings. The number of aromatic nitrogens is 1. The van der Waals surface area contributed by atoms with E-state index in [2.05, 4.69) is 25.9 Å². The van der Waals surface area contributed by atoms with Crippen LogP contribution in [0.3, 0.4) is 0 Å². The van der Waals surface area contributed by atoms with E-state index in [0.717, 1.165) is 49.0 Å². The summed E-state index contributed by atoms with van der Waals surface area (Å²) in [5, 5.41) is 12.5. The largest absolute Gasteiger partial charge is 0.494 e. The van der Waals surface area contributed by atoms with E-state index in [1.807, 2.05) is 30.4 Å². The van der Waals surface area contributed by atoms with Gasteiger partial charge in [-0.1, -0.05) is 76.8 Å². The average Bonchev–Trinajstić information content (AvgIpc) is 2.84. The van der Waals surface area contributed by atoms with Gasteiger partial charge in [-0.2, -0.15) is 0 Å². The zero-order valence-corrected chi connectivity index (χ0v) is 21.9. The molecule has 0 aliphatic heterocycles. The number of nitrogens with two attached hydrogens (primary N) is 1. The quantitative estimate of drug-likeness (QED) is 0.313. The SMILES string of the molecule is CCCCCCCCCCCC(N)n1c(O)c2cccc3c2c(c1=O)C=CC3=NCCCN(C)C. The fourth-order valence-corrected chi connectivity index (χ4v) is 4.94. The van der Waals surface area contributed by atoms with Crippen molar-refractivity contribution < 1.29 is 5.11 Å². The number of pyridine rings is 1. The summed E-state index contributed by atoms with van der Waals surface area (Å²) in [6.45, 7) is 3.94. The second kappa shape index (κ2) is 13.6. The first-order valence-electron chi connectivity index (χ1n) is 13.5. The van der Waals surface area contributed by atoms with Crippen LogP contribution in [0.15, 0.2) is 34.1 Å². The summed E-state index contributed by atoms with van der Waals surface area (Å²) in [7, 11) is 4.11. The Morgan fingerprint density at radius 1 is 1.00 bits per heavy atom. The molecule has 0 spiro atoms. The lowest BCUT2D eigenvalue weighted by Gasteiger charge is -2.22. The van der Waals surface area contributed by atoms with Crippen molar-refractivity contribution in [1.29, 1.82) is 0 Å². The molecule has 1 unspecified atom stereocenters. The molecule has 0 saturated heterocycles. The minimum Gasteiger partial charge on any atom is -0.494 e. The van der Waals surface area contributed by atoms with Gasteiger partial charge >= 0.3 is 0 Å². The Bertz CT molecular complexity index is 1080. The van der Waals surface area contributed by atoms with Gasteiger partial charge in [-0.05, 0) is 51.7 Å². The molecule has 0 radical (unpaired) electrons. The zero-order chi connectivity index (χ0) is 25.2. The van der Waals surface area contributed by atoms with Crippen molar-refractivity contribution in [3.63, 3.8) is 0 Å². The molecule has 1 aromatic carbocycles. The molecular formula is C29H44N4O2. The van der Waals surface area contributed by atoms with E-state index in [4.69, 9.17) is 10.7 Å². The molecule has 1 heterocycles. The molecule has 6 heteroatoms. The lowest BCUT2D eigenvalue weighted by molar-refractivity contribution is 0.358. The molecule has 1 aromatic heterocycles. The Morgan fingerprint density at radius 3 is 2.37 bits per heavy atom. The van der Waals surface area contributed by atoms with Gasteiger partial charge in [0.15, 0.2) is 0 Å². The van der Waals surface area contributed by atoms with Crippen LogP contribution in [-0.4, -0.2) is 47.5 Å². The molecule has 192 valence electrons.